The maximum atomic E-state index is 13.9. The van der Waals surface area contributed by atoms with E-state index in [1.807, 2.05) is 42.2 Å². The van der Waals surface area contributed by atoms with Gasteiger partial charge in [0, 0.05) is 37.8 Å². The first-order chi connectivity index (χ1) is 23.5. The van der Waals surface area contributed by atoms with Crippen molar-refractivity contribution in [3.8, 4) is 0 Å². The van der Waals surface area contributed by atoms with E-state index in [9.17, 15) is 31.1 Å². The quantitative estimate of drug-likeness (QED) is 0.219. The molecular formula is C36H43F6N5O3. The van der Waals surface area contributed by atoms with Crippen LogP contribution in [0.2, 0.25) is 0 Å². The number of alkyl halides is 6. The molecule has 1 amide bonds. The van der Waals surface area contributed by atoms with E-state index in [1.54, 1.807) is 43.0 Å². The van der Waals surface area contributed by atoms with E-state index in [4.69, 9.17) is 9.47 Å². The normalized spacial score (nSPS) is 20.5. The first-order valence-electron chi connectivity index (χ1n) is 16.8. The van der Waals surface area contributed by atoms with Crippen LogP contribution in [0.3, 0.4) is 0 Å². The third-order valence-corrected chi connectivity index (χ3v) is 8.96. The molecule has 0 aliphatic carbocycles. The van der Waals surface area contributed by atoms with Crippen molar-refractivity contribution in [3.63, 3.8) is 0 Å². The molecular weight excluding hydrogens is 664 g/mol. The van der Waals surface area contributed by atoms with E-state index in [0.29, 0.717) is 52.0 Å². The monoisotopic (exact) mass is 707 g/mol. The number of likely N-dealkylation sites (tertiary alicyclic amines) is 1. The number of nitrogens with zero attached hydrogens (tertiary/aromatic N) is 5. The van der Waals surface area contributed by atoms with Gasteiger partial charge in [-0.25, -0.2) is 14.8 Å². The van der Waals surface area contributed by atoms with Gasteiger partial charge >= 0.3 is 18.4 Å². The molecule has 1 aromatic heterocycles. The summed E-state index contributed by atoms with van der Waals surface area (Å²) < 4.78 is 94.6. The molecule has 2 aromatic carbocycles. The molecule has 14 heteroatoms. The smallest absolute Gasteiger partial charge is 0.416 e. The maximum absolute atomic E-state index is 13.9. The van der Waals surface area contributed by atoms with Crippen molar-refractivity contribution in [1.29, 1.82) is 0 Å². The van der Waals surface area contributed by atoms with Crippen LogP contribution in [-0.4, -0.2) is 71.0 Å². The van der Waals surface area contributed by atoms with Crippen molar-refractivity contribution in [2.24, 2.45) is 0 Å². The highest BCUT2D eigenvalue weighted by Gasteiger charge is 2.43. The lowest BCUT2D eigenvalue weighted by Crippen LogP contribution is -2.58. The number of aromatic nitrogens is 2. The fourth-order valence-electron chi connectivity index (χ4n) is 6.67. The average molecular weight is 708 g/mol. The van der Waals surface area contributed by atoms with Gasteiger partial charge in [-0.3, -0.25) is 0 Å². The summed E-state index contributed by atoms with van der Waals surface area (Å²) in [5.41, 5.74) is -2.03. The Hall–Kier alpha value is -4.07. The van der Waals surface area contributed by atoms with E-state index in [-0.39, 0.29) is 30.2 Å². The van der Waals surface area contributed by atoms with Crippen molar-refractivity contribution >= 4 is 17.7 Å². The molecule has 8 nitrogen and oxygen atoms in total. The van der Waals surface area contributed by atoms with Crippen molar-refractivity contribution in [1.82, 2.24) is 14.9 Å². The van der Waals surface area contributed by atoms with Crippen molar-refractivity contribution in [2.45, 2.75) is 96.0 Å². The lowest BCUT2D eigenvalue weighted by molar-refractivity contribution is -0.143. The zero-order valence-corrected chi connectivity index (χ0v) is 28.6. The fraction of sp³-hybridized carbons (Fsp3) is 0.528. The molecule has 1 unspecified atom stereocenters. The molecule has 0 saturated carbocycles. The number of ether oxygens (including phenoxy) is 2. The van der Waals surface area contributed by atoms with Gasteiger partial charge in [-0.05, 0) is 75.8 Å². The average Bonchev–Trinajstić information content (AvgIpc) is 3.06. The van der Waals surface area contributed by atoms with Crippen LogP contribution in [0.25, 0.3) is 0 Å². The Morgan fingerprint density at radius 1 is 0.880 bits per heavy atom. The van der Waals surface area contributed by atoms with E-state index in [1.165, 1.54) is 0 Å². The highest BCUT2D eigenvalue weighted by atomic mass is 19.4. The number of carbonyl (C=O) groups is 1. The molecule has 0 N–H and O–H groups in total. The Kier molecular flexibility index (Phi) is 11.2. The molecule has 50 heavy (non-hydrogen) atoms. The molecule has 3 atom stereocenters. The number of benzene rings is 2. The van der Waals surface area contributed by atoms with Crippen LogP contribution in [0.4, 0.5) is 42.8 Å². The largest absolute Gasteiger partial charge is 0.444 e. The fourth-order valence-corrected chi connectivity index (χ4v) is 6.67. The van der Waals surface area contributed by atoms with Crippen LogP contribution in [0.1, 0.15) is 69.2 Å². The van der Waals surface area contributed by atoms with Gasteiger partial charge in [-0.15, -0.1) is 0 Å². The van der Waals surface area contributed by atoms with Crippen LogP contribution in [-0.2, 0) is 34.8 Å². The predicted octanol–water partition coefficient (Wildman–Crippen LogP) is 8.15. The SMILES string of the molecule is CCC1C[C@@H](N(Cc2cc(C(F)(F)F)cc(C(F)(F)F)c2)c2ncc(N3CCOCC3)cn2)C[C@@H](Cc2ccccc2)N1C(=O)OC(C)(C)C. The molecule has 0 spiro atoms. The number of anilines is 2. The summed E-state index contributed by atoms with van der Waals surface area (Å²) in [5.74, 6) is 0.164. The zero-order valence-electron chi connectivity index (χ0n) is 28.6. The van der Waals surface area contributed by atoms with E-state index >= 15 is 0 Å². The summed E-state index contributed by atoms with van der Waals surface area (Å²) >= 11 is 0. The van der Waals surface area contributed by atoms with Crippen molar-refractivity contribution in [2.75, 3.05) is 36.1 Å². The lowest BCUT2D eigenvalue weighted by Gasteiger charge is -2.48. The number of hydrogen-bond donors (Lipinski definition) is 0. The Bertz CT molecular complexity index is 1540. The van der Waals surface area contributed by atoms with Crippen molar-refractivity contribution < 1.29 is 40.6 Å². The minimum Gasteiger partial charge on any atom is -0.444 e. The number of rotatable bonds is 8. The summed E-state index contributed by atoms with van der Waals surface area (Å²) in [6, 6.07) is 10.00. The van der Waals surface area contributed by atoms with Gasteiger partial charge in [0.05, 0.1) is 42.4 Å². The Morgan fingerprint density at radius 2 is 1.46 bits per heavy atom. The van der Waals surface area contributed by atoms with Crippen LogP contribution in [0.15, 0.2) is 60.9 Å². The highest BCUT2D eigenvalue weighted by Crippen LogP contribution is 2.38. The Balaban J connectivity index is 1.57. The van der Waals surface area contributed by atoms with E-state index in [0.717, 1.165) is 23.4 Å². The first kappa shape index (κ1) is 37.2. The van der Waals surface area contributed by atoms with E-state index < -0.39 is 47.3 Å². The number of morpholine rings is 1. The van der Waals surface area contributed by atoms with Crippen LogP contribution < -0.4 is 9.80 Å². The number of piperidine rings is 1. The molecule has 272 valence electrons. The molecule has 3 aromatic rings. The van der Waals surface area contributed by atoms with Gasteiger partial charge in [0.1, 0.15) is 5.60 Å². The van der Waals surface area contributed by atoms with E-state index in [2.05, 4.69) is 9.97 Å². The number of carbonyl (C=O) groups excluding carboxylic acids is 1. The molecule has 0 bridgehead atoms. The van der Waals surface area contributed by atoms with Crippen LogP contribution >= 0.6 is 0 Å². The maximum Gasteiger partial charge on any atom is 0.416 e. The minimum absolute atomic E-state index is 0.129. The first-order valence-corrected chi connectivity index (χ1v) is 16.8. The Labute approximate surface area is 288 Å². The summed E-state index contributed by atoms with van der Waals surface area (Å²) in [5, 5.41) is 0. The number of hydrogen-bond acceptors (Lipinski definition) is 7. The second-order valence-corrected chi connectivity index (χ2v) is 13.8. The lowest BCUT2D eigenvalue weighted by atomic mass is 9.86. The zero-order chi connectivity index (χ0) is 36.3. The summed E-state index contributed by atoms with van der Waals surface area (Å²) in [6.07, 6.45) is -5.55. The number of amides is 1. The third-order valence-electron chi connectivity index (χ3n) is 8.96. The molecule has 3 heterocycles. The summed E-state index contributed by atoms with van der Waals surface area (Å²) in [7, 11) is 0. The second kappa shape index (κ2) is 15.0. The number of halogens is 6. The van der Waals surface area contributed by atoms with Gasteiger partial charge in [0.25, 0.3) is 0 Å². The minimum atomic E-state index is -5.00. The van der Waals surface area contributed by atoms with Gasteiger partial charge in [-0.2, -0.15) is 26.3 Å². The second-order valence-electron chi connectivity index (χ2n) is 13.8. The van der Waals surface area contributed by atoms with Gasteiger partial charge in [0.2, 0.25) is 5.95 Å². The van der Waals surface area contributed by atoms with Gasteiger partial charge in [0.15, 0.2) is 0 Å². The van der Waals surface area contributed by atoms with Crippen molar-refractivity contribution in [3.05, 3.63) is 83.2 Å². The molecule has 2 aliphatic rings. The van der Waals surface area contributed by atoms with Gasteiger partial charge in [-0.1, -0.05) is 37.3 Å². The Morgan fingerprint density at radius 3 is 2.00 bits per heavy atom. The summed E-state index contributed by atoms with van der Waals surface area (Å²) in [6.45, 7) is 9.28. The molecule has 2 aliphatic heterocycles. The molecule has 2 saturated heterocycles. The third kappa shape index (κ3) is 9.37. The molecule has 0 radical (unpaired) electrons. The van der Waals surface area contributed by atoms with Crippen LogP contribution in [0.5, 0.6) is 0 Å². The predicted molar refractivity (Wildman–Crippen MR) is 177 cm³/mol. The molecule has 2 fully saturated rings. The topological polar surface area (TPSA) is 71.0 Å². The van der Waals surface area contributed by atoms with Crippen LogP contribution in [0, 0.1) is 0 Å². The summed E-state index contributed by atoms with van der Waals surface area (Å²) in [4.78, 5) is 28.4. The molecule has 5 rings (SSSR count). The highest BCUT2D eigenvalue weighted by molar-refractivity contribution is 5.69. The standard InChI is InChI=1S/C36H43F6N5O3/c1-5-28-19-29(20-30(17-24-9-7-6-8-10-24)47(28)33(48)50-34(2,3)4)46(32-43-21-31(22-44-32)45-11-13-49-14-12-45)23-25-15-26(35(37,38)39)18-27(16-25)36(40,41)42/h6-10,15-16,18,21-22,28-30H,5,11-14,17,19-20,23H2,1-4H3/t28?,29-,30-/m1/s1. The van der Waals surface area contributed by atoms with Gasteiger partial charge < -0.3 is 24.2 Å².